The van der Waals surface area contributed by atoms with Crippen molar-refractivity contribution in [3.05, 3.63) is 41.8 Å². The molecule has 2 heterocycles. The number of carbonyl (C=O) groups is 1. The van der Waals surface area contributed by atoms with Gasteiger partial charge in [0.1, 0.15) is 11.4 Å². The van der Waals surface area contributed by atoms with Crippen molar-refractivity contribution >= 4 is 16.9 Å². The van der Waals surface area contributed by atoms with Crippen molar-refractivity contribution in [3.63, 3.8) is 0 Å². The largest absolute Gasteiger partial charge is 0.478 e. The minimum atomic E-state index is -1.05. The predicted octanol–water partition coefficient (Wildman–Crippen LogP) is 2.41. The van der Waals surface area contributed by atoms with Gasteiger partial charge in [0.15, 0.2) is 0 Å². The molecule has 6 heteroatoms. The lowest BCUT2D eigenvalue weighted by atomic mass is 10.2. The molecule has 0 saturated carbocycles. The zero-order valence-corrected chi connectivity index (χ0v) is 10.0. The van der Waals surface area contributed by atoms with Gasteiger partial charge in [0.25, 0.3) is 0 Å². The van der Waals surface area contributed by atoms with E-state index in [4.69, 9.17) is 5.11 Å². The van der Waals surface area contributed by atoms with Crippen LogP contribution in [0.4, 0.5) is 4.39 Å². The number of aromatic nitrogens is 3. The van der Waals surface area contributed by atoms with Crippen LogP contribution < -0.4 is 0 Å². The van der Waals surface area contributed by atoms with Gasteiger partial charge in [-0.15, -0.1) is 0 Å². The first-order valence-corrected chi connectivity index (χ1v) is 5.60. The second kappa shape index (κ2) is 3.94. The van der Waals surface area contributed by atoms with Crippen LogP contribution in [0.25, 0.3) is 22.3 Å². The summed E-state index contributed by atoms with van der Waals surface area (Å²) in [6, 6.07) is 6.15. The highest BCUT2D eigenvalue weighted by Gasteiger charge is 2.18. The molecule has 0 amide bonds. The normalized spacial score (nSPS) is 11.1. The Balaban J connectivity index is 2.24. The summed E-state index contributed by atoms with van der Waals surface area (Å²) >= 11 is 0. The van der Waals surface area contributed by atoms with Crippen LogP contribution in [0.1, 0.15) is 10.4 Å². The maximum atomic E-state index is 13.1. The van der Waals surface area contributed by atoms with Crippen LogP contribution >= 0.6 is 0 Å². The average molecular weight is 259 g/mol. The van der Waals surface area contributed by atoms with Crippen LogP contribution in [0.2, 0.25) is 0 Å². The van der Waals surface area contributed by atoms with Gasteiger partial charge in [0.2, 0.25) is 0 Å². The number of nitrogens with zero attached hydrogens (tertiary/aromatic N) is 2. The summed E-state index contributed by atoms with van der Waals surface area (Å²) in [6.45, 7) is 0. The highest BCUT2D eigenvalue weighted by atomic mass is 19.1. The smallest absolute Gasteiger partial charge is 0.339 e. The quantitative estimate of drug-likeness (QED) is 0.742. The van der Waals surface area contributed by atoms with Crippen LogP contribution in [0.15, 0.2) is 30.5 Å². The number of hydrogen-bond acceptors (Lipinski definition) is 2. The third-order valence-corrected chi connectivity index (χ3v) is 3.01. The SMILES string of the molecule is Cn1ncc(C(=O)O)c1-c1cc2ccc(F)cc2[nH]1. The Labute approximate surface area is 107 Å². The van der Waals surface area contributed by atoms with E-state index >= 15 is 0 Å². The minimum Gasteiger partial charge on any atom is -0.478 e. The molecule has 1 aromatic carbocycles. The lowest BCUT2D eigenvalue weighted by Gasteiger charge is -2.00. The van der Waals surface area contributed by atoms with E-state index in [9.17, 15) is 9.18 Å². The molecule has 0 spiro atoms. The molecule has 2 aromatic heterocycles. The molecule has 0 unspecified atom stereocenters. The number of aryl methyl sites for hydroxylation is 1. The molecule has 0 atom stereocenters. The molecule has 0 radical (unpaired) electrons. The van der Waals surface area contributed by atoms with E-state index in [0.717, 1.165) is 5.39 Å². The first-order chi connectivity index (χ1) is 9.06. The zero-order chi connectivity index (χ0) is 13.6. The van der Waals surface area contributed by atoms with Gasteiger partial charge in [-0.2, -0.15) is 5.10 Å². The van der Waals surface area contributed by atoms with Crippen molar-refractivity contribution in [1.82, 2.24) is 14.8 Å². The van der Waals surface area contributed by atoms with Gasteiger partial charge >= 0.3 is 5.97 Å². The Hall–Kier alpha value is -2.63. The summed E-state index contributed by atoms with van der Waals surface area (Å²) in [5.41, 5.74) is 1.78. The number of aromatic amines is 1. The molecule has 3 rings (SSSR count). The number of halogens is 1. The number of nitrogens with one attached hydrogen (secondary N) is 1. The molecular formula is C13H10FN3O2. The number of H-pyrrole nitrogens is 1. The van der Waals surface area contributed by atoms with Crippen molar-refractivity contribution in [2.75, 3.05) is 0 Å². The average Bonchev–Trinajstić information content (AvgIpc) is 2.91. The van der Waals surface area contributed by atoms with E-state index in [2.05, 4.69) is 10.1 Å². The number of carboxylic acids is 1. The summed E-state index contributed by atoms with van der Waals surface area (Å²) in [4.78, 5) is 14.2. The van der Waals surface area contributed by atoms with E-state index in [1.165, 1.54) is 23.0 Å². The number of fused-ring (bicyclic) bond motifs is 1. The molecule has 5 nitrogen and oxygen atoms in total. The fourth-order valence-electron chi connectivity index (χ4n) is 2.14. The van der Waals surface area contributed by atoms with Crippen molar-refractivity contribution in [2.24, 2.45) is 7.05 Å². The van der Waals surface area contributed by atoms with E-state index in [0.29, 0.717) is 16.9 Å². The molecule has 0 bridgehead atoms. The molecule has 96 valence electrons. The van der Waals surface area contributed by atoms with Crippen LogP contribution in [-0.2, 0) is 7.05 Å². The highest BCUT2D eigenvalue weighted by molar-refractivity contribution is 5.96. The maximum Gasteiger partial charge on any atom is 0.339 e. The van der Waals surface area contributed by atoms with Gasteiger partial charge in [-0.3, -0.25) is 4.68 Å². The molecule has 3 aromatic rings. The summed E-state index contributed by atoms with van der Waals surface area (Å²) in [6.07, 6.45) is 1.30. The zero-order valence-electron chi connectivity index (χ0n) is 10.0. The number of aromatic carboxylic acids is 1. The standard InChI is InChI=1S/C13H10FN3O2/c1-17-12(9(6-15-17)13(18)19)11-4-7-2-3-8(14)5-10(7)16-11/h2-6,16H,1H3,(H,18,19). The molecule has 0 fully saturated rings. The van der Waals surface area contributed by atoms with E-state index in [1.54, 1.807) is 19.2 Å². The van der Waals surface area contributed by atoms with Crippen LogP contribution in [0.5, 0.6) is 0 Å². The van der Waals surface area contributed by atoms with Gasteiger partial charge in [-0.1, -0.05) is 0 Å². The first-order valence-electron chi connectivity index (χ1n) is 5.60. The monoisotopic (exact) mass is 259 g/mol. The van der Waals surface area contributed by atoms with Crippen LogP contribution in [0.3, 0.4) is 0 Å². The van der Waals surface area contributed by atoms with Gasteiger partial charge in [0, 0.05) is 18.0 Å². The molecule has 19 heavy (non-hydrogen) atoms. The highest BCUT2D eigenvalue weighted by Crippen LogP contribution is 2.26. The second-order valence-electron chi connectivity index (χ2n) is 4.25. The summed E-state index contributed by atoms with van der Waals surface area (Å²) in [5, 5.41) is 13.9. The molecule has 0 saturated heterocycles. The van der Waals surface area contributed by atoms with Crippen molar-refractivity contribution in [1.29, 1.82) is 0 Å². The Kier molecular flexibility index (Phi) is 2.38. The van der Waals surface area contributed by atoms with E-state index in [1.807, 2.05) is 0 Å². The maximum absolute atomic E-state index is 13.1. The Morgan fingerprint density at radius 1 is 1.42 bits per heavy atom. The fourth-order valence-corrected chi connectivity index (χ4v) is 2.14. The topological polar surface area (TPSA) is 70.9 Å². The molecule has 2 N–H and O–H groups in total. The van der Waals surface area contributed by atoms with Crippen molar-refractivity contribution in [2.45, 2.75) is 0 Å². The third-order valence-electron chi connectivity index (χ3n) is 3.01. The van der Waals surface area contributed by atoms with Gasteiger partial charge in [0.05, 0.1) is 17.6 Å². The number of rotatable bonds is 2. The molecule has 0 aliphatic heterocycles. The molecule has 0 aliphatic rings. The Morgan fingerprint density at radius 3 is 2.95 bits per heavy atom. The Morgan fingerprint density at radius 2 is 2.21 bits per heavy atom. The summed E-state index contributed by atoms with van der Waals surface area (Å²) < 4.78 is 14.6. The Bertz CT molecular complexity index is 788. The van der Waals surface area contributed by atoms with Gasteiger partial charge < -0.3 is 10.1 Å². The molecular weight excluding hydrogens is 249 g/mol. The van der Waals surface area contributed by atoms with Crippen molar-refractivity contribution < 1.29 is 14.3 Å². The molecule has 0 aliphatic carbocycles. The second-order valence-corrected chi connectivity index (χ2v) is 4.25. The first kappa shape index (κ1) is 11.5. The summed E-state index contributed by atoms with van der Waals surface area (Å²) in [7, 11) is 1.66. The van der Waals surface area contributed by atoms with Crippen LogP contribution in [0, 0.1) is 5.82 Å². The lowest BCUT2D eigenvalue weighted by molar-refractivity contribution is 0.0697. The van der Waals surface area contributed by atoms with Crippen LogP contribution in [-0.4, -0.2) is 25.8 Å². The summed E-state index contributed by atoms with van der Waals surface area (Å²) in [5.74, 6) is -1.39. The van der Waals surface area contributed by atoms with Crippen molar-refractivity contribution in [3.8, 4) is 11.4 Å². The van der Waals surface area contributed by atoms with Gasteiger partial charge in [-0.05, 0) is 24.3 Å². The lowest BCUT2D eigenvalue weighted by Crippen LogP contribution is -2.00. The third kappa shape index (κ3) is 1.77. The van der Waals surface area contributed by atoms with Gasteiger partial charge in [-0.25, -0.2) is 9.18 Å². The number of benzene rings is 1. The minimum absolute atomic E-state index is 0.106. The predicted molar refractivity (Wildman–Crippen MR) is 67.4 cm³/mol. The number of hydrogen-bond donors (Lipinski definition) is 2. The van der Waals surface area contributed by atoms with E-state index in [-0.39, 0.29) is 11.4 Å². The fraction of sp³-hybridized carbons (Fsp3) is 0.0769. The number of carboxylic acid groups (broad SMARTS) is 1. The van der Waals surface area contributed by atoms with E-state index < -0.39 is 5.97 Å².